The van der Waals surface area contributed by atoms with E-state index < -0.39 is 0 Å². The lowest BCUT2D eigenvalue weighted by atomic mass is 10.3. The molecule has 0 unspecified atom stereocenters. The smallest absolute Gasteiger partial charge is 0.323 e. The van der Waals surface area contributed by atoms with Crippen molar-refractivity contribution in [3.63, 3.8) is 0 Å². The van der Waals surface area contributed by atoms with Crippen LogP contribution in [0.5, 0.6) is 5.75 Å². The number of fused-ring (bicyclic) bond motifs is 1. The molecule has 0 bridgehead atoms. The third kappa shape index (κ3) is 5.71. The lowest BCUT2D eigenvalue weighted by Crippen LogP contribution is -2.50. The van der Waals surface area contributed by atoms with E-state index in [1.165, 1.54) is 22.7 Å². The zero-order valence-corrected chi connectivity index (χ0v) is 21.3. The van der Waals surface area contributed by atoms with E-state index in [-0.39, 0.29) is 18.4 Å². The second-order valence-electron chi connectivity index (χ2n) is 8.04. The van der Waals surface area contributed by atoms with Crippen molar-refractivity contribution in [1.82, 2.24) is 19.9 Å². The van der Waals surface area contributed by atoms with Crippen molar-refractivity contribution in [2.45, 2.75) is 13.3 Å². The first-order chi connectivity index (χ1) is 17.6. The number of amides is 3. The van der Waals surface area contributed by atoms with Gasteiger partial charge in [-0.2, -0.15) is 0 Å². The Balaban J connectivity index is 1.11. The maximum atomic E-state index is 12.7. The van der Waals surface area contributed by atoms with Crippen LogP contribution in [0.4, 0.5) is 20.9 Å². The highest BCUT2D eigenvalue weighted by atomic mass is 32.1. The number of pyridine rings is 1. The third-order valence-electron chi connectivity index (χ3n) is 5.56. The van der Waals surface area contributed by atoms with Crippen LogP contribution in [-0.4, -0.2) is 64.6 Å². The summed E-state index contributed by atoms with van der Waals surface area (Å²) in [5.41, 5.74) is 1.39. The van der Waals surface area contributed by atoms with Crippen molar-refractivity contribution >= 4 is 60.9 Å². The molecular weight excluding hydrogens is 498 g/mol. The number of anilines is 3. The van der Waals surface area contributed by atoms with Gasteiger partial charge in [0.15, 0.2) is 10.3 Å². The number of thiazole rings is 2. The Bertz CT molecular complexity index is 1350. The molecule has 1 aromatic carbocycles. The van der Waals surface area contributed by atoms with Gasteiger partial charge < -0.3 is 19.9 Å². The topological polar surface area (TPSA) is 113 Å². The average molecular weight is 524 g/mol. The lowest BCUT2D eigenvalue weighted by molar-refractivity contribution is -0.115. The summed E-state index contributed by atoms with van der Waals surface area (Å²) in [5.74, 6) is 1.48. The van der Waals surface area contributed by atoms with Crippen LogP contribution in [0, 0.1) is 0 Å². The van der Waals surface area contributed by atoms with Crippen LogP contribution < -0.4 is 20.3 Å². The number of hydrogen-bond acceptors (Lipinski definition) is 9. The summed E-state index contributed by atoms with van der Waals surface area (Å²) < 4.78 is 6.46. The Morgan fingerprint density at radius 3 is 2.69 bits per heavy atom. The standard InChI is InChI=1S/C24H25N7O3S2/c1-2-34-17-6-7-18-19(14-17)36-23(27-18)28-21(32)13-16-15-35-22(26-16)29-24(33)31-11-9-30(10-12-31)20-5-3-4-8-25-20/h3-8,14-15H,2,9-13H2,1H3,(H,26,29,33)(H,27,28,32). The molecule has 36 heavy (non-hydrogen) atoms. The number of benzene rings is 1. The molecular formula is C24H25N7O3S2. The number of ether oxygens (including phenoxy) is 1. The molecule has 3 aromatic heterocycles. The lowest BCUT2D eigenvalue weighted by Gasteiger charge is -2.35. The Labute approximate surface area is 216 Å². The molecule has 1 aliphatic rings. The van der Waals surface area contributed by atoms with Gasteiger partial charge in [0.1, 0.15) is 11.6 Å². The molecule has 0 saturated carbocycles. The van der Waals surface area contributed by atoms with Gasteiger partial charge in [-0.25, -0.2) is 19.7 Å². The Morgan fingerprint density at radius 1 is 1.06 bits per heavy atom. The number of carbonyl (C=O) groups is 2. The summed E-state index contributed by atoms with van der Waals surface area (Å²) in [7, 11) is 0. The van der Waals surface area contributed by atoms with Gasteiger partial charge in [0.2, 0.25) is 5.91 Å². The molecule has 0 spiro atoms. The van der Waals surface area contributed by atoms with Crippen LogP contribution in [0.1, 0.15) is 12.6 Å². The third-order valence-corrected chi connectivity index (χ3v) is 7.30. The van der Waals surface area contributed by atoms with Crippen LogP contribution in [0.2, 0.25) is 0 Å². The fourth-order valence-corrected chi connectivity index (χ4v) is 5.45. The summed E-state index contributed by atoms with van der Waals surface area (Å²) in [4.78, 5) is 42.4. The number of rotatable bonds is 7. The van der Waals surface area contributed by atoms with Crippen molar-refractivity contribution in [1.29, 1.82) is 0 Å². The second-order valence-corrected chi connectivity index (χ2v) is 9.93. The minimum Gasteiger partial charge on any atom is -0.494 e. The van der Waals surface area contributed by atoms with Crippen LogP contribution in [0.25, 0.3) is 10.2 Å². The molecule has 10 nitrogen and oxygen atoms in total. The number of hydrogen-bond donors (Lipinski definition) is 2. The van der Waals surface area contributed by atoms with E-state index in [1.807, 2.05) is 43.3 Å². The first kappa shape index (κ1) is 23.9. The van der Waals surface area contributed by atoms with Gasteiger partial charge in [0.25, 0.3) is 0 Å². The molecule has 0 atom stereocenters. The van der Waals surface area contributed by atoms with E-state index >= 15 is 0 Å². The summed E-state index contributed by atoms with van der Waals surface area (Å²) >= 11 is 2.69. The van der Waals surface area contributed by atoms with E-state index in [2.05, 4.69) is 30.5 Å². The number of piperazine rings is 1. The quantitative estimate of drug-likeness (QED) is 0.375. The van der Waals surface area contributed by atoms with Crippen LogP contribution >= 0.6 is 22.7 Å². The summed E-state index contributed by atoms with van der Waals surface area (Å²) in [6.07, 6.45) is 1.86. The molecule has 2 N–H and O–H groups in total. The van der Waals surface area contributed by atoms with Gasteiger partial charge >= 0.3 is 6.03 Å². The number of aromatic nitrogens is 3. The molecule has 12 heteroatoms. The molecule has 1 fully saturated rings. The maximum Gasteiger partial charge on any atom is 0.323 e. The highest BCUT2D eigenvalue weighted by Crippen LogP contribution is 2.29. The van der Waals surface area contributed by atoms with Gasteiger partial charge in [0.05, 0.1) is 28.9 Å². The summed E-state index contributed by atoms with van der Waals surface area (Å²) in [6.45, 7) is 5.14. The molecule has 0 radical (unpaired) electrons. The van der Waals surface area contributed by atoms with Gasteiger partial charge in [-0.05, 0) is 37.3 Å². The van der Waals surface area contributed by atoms with E-state index in [9.17, 15) is 9.59 Å². The fourth-order valence-electron chi connectivity index (χ4n) is 3.84. The van der Waals surface area contributed by atoms with Crippen LogP contribution in [-0.2, 0) is 11.2 Å². The van der Waals surface area contributed by atoms with Gasteiger partial charge in [-0.3, -0.25) is 10.1 Å². The SMILES string of the molecule is CCOc1ccc2nc(NC(=O)Cc3csc(NC(=O)N4CCN(c5ccccn5)CC4)n3)sc2c1. The Morgan fingerprint density at radius 2 is 1.92 bits per heavy atom. The molecule has 4 aromatic rings. The van der Waals surface area contributed by atoms with Gasteiger partial charge in [-0.15, -0.1) is 11.3 Å². The molecule has 5 rings (SSSR count). The van der Waals surface area contributed by atoms with Gasteiger partial charge in [-0.1, -0.05) is 17.4 Å². The first-order valence-electron chi connectivity index (χ1n) is 11.6. The molecule has 1 saturated heterocycles. The molecule has 4 heterocycles. The van der Waals surface area contributed by atoms with Gasteiger partial charge in [0, 0.05) is 37.8 Å². The molecule has 1 aliphatic heterocycles. The minimum absolute atomic E-state index is 0.0925. The normalized spacial score (nSPS) is 13.6. The van der Waals surface area contributed by atoms with Crippen molar-refractivity contribution in [2.75, 3.05) is 48.3 Å². The Hall–Kier alpha value is -3.77. The molecule has 3 amide bonds. The number of nitrogens with one attached hydrogen (secondary N) is 2. The average Bonchev–Trinajstić information content (AvgIpc) is 3.50. The maximum absolute atomic E-state index is 12.7. The molecule has 186 valence electrons. The number of nitrogens with zero attached hydrogens (tertiary/aromatic N) is 5. The molecule has 0 aliphatic carbocycles. The van der Waals surface area contributed by atoms with E-state index in [0.717, 1.165) is 21.8 Å². The van der Waals surface area contributed by atoms with E-state index in [1.54, 1.807) is 16.5 Å². The highest BCUT2D eigenvalue weighted by molar-refractivity contribution is 7.22. The van der Waals surface area contributed by atoms with Crippen molar-refractivity contribution in [3.8, 4) is 5.75 Å². The second kappa shape index (κ2) is 10.9. The van der Waals surface area contributed by atoms with E-state index in [4.69, 9.17) is 4.74 Å². The highest BCUT2D eigenvalue weighted by Gasteiger charge is 2.22. The van der Waals surface area contributed by atoms with Crippen LogP contribution in [0.15, 0.2) is 48.0 Å². The Kier molecular flexibility index (Phi) is 7.23. The monoisotopic (exact) mass is 523 g/mol. The fraction of sp³-hybridized carbons (Fsp3) is 0.292. The predicted octanol–water partition coefficient (Wildman–Crippen LogP) is 4.08. The van der Waals surface area contributed by atoms with Crippen molar-refractivity contribution in [3.05, 3.63) is 53.7 Å². The first-order valence-corrected chi connectivity index (χ1v) is 13.3. The number of urea groups is 1. The van der Waals surface area contributed by atoms with E-state index in [0.29, 0.717) is 48.7 Å². The van der Waals surface area contributed by atoms with Crippen LogP contribution in [0.3, 0.4) is 0 Å². The zero-order valence-electron chi connectivity index (χ0n) is 19.6. The summed E-state index contributed by atoms with van der Waals surface area (Å²) in [5, 5.41) is 8.46. The largest absolute Gasteiger partial charge is 0.494 e. The minimum atomic E-state index is -0.215. The zero-order chi connectivity index (χ0) is 24.9. The van der Waals surface area contributed by atoms with Crippen molar-refractivity contribution in [2.24, 2.45) is 0 Å². The summed E-state index contributed by atoms with van der Waals surface area (Å²) in [6, 6.07) is 11.3. The predicted molar refractivity (Wildman–Crippen MR) is 142 cm³/mol. The number of carbonyl (C=O) groups excluding carboxylic acids is 2. The van der Waals surface area contributed by atoms with Crippen molar-refractivity contribution < 1.29 is 14.3 Å².